The van der Waals surface area contributed by atoms with Crippen LogP contribution in [-0.4, -0.2) is 0 Å². The van der Waals surface area contributed by atoms with Crippen molar-refractivity contribution in [2.24, 2.45) is 0 Å². The number of anilines is 1. The topological polar surface area (TPSA) is 35.8 Å². The third kappa shape index (κ3) is 2.91. The predicted molar refractivity (Wildman–Crippen MR) is 69.5 cm³/mol. The average molecular weight is 276 g/mol. The summed E-state index contributed by atoms with van der Waals surface area (Å²) in [5, 5.41) is 11.7. The van der Waals surface area contributed by atoms with E-state index in [1.165, 1.54) is 12.1 Å². The molecule has 1 N–H and O–H groups in total. The molecular weight excluding hydrogens is 265 g/mol. The molecule has 0 aliphatic heterocycles. The molecule has 0 aromatic heterocycles. The summed E-state index contributed by atoms with van der Waals surface area (Å²) in [6.45, 7) is 1.77. The summed E-state index contributed by atoms with van der Waals surface area (Å²) in [5.74, 6) is -2.34. The van der Waals surface area contributed by atoms with E-state index in [-0.39, 0.29) is 12.1 Å². The van der Waals surface area contributed by atoms with E-state index in [0.29, 0.717) is 16.8 Å². The summed E-state index contributed by atoms with van der Waals surface area (Å²) in [6.07, 6.45) is 0. The number of hydrogen-bond acceptors (Lipinski definition) is 2. The van der Waals surface area contributed by atoms with E-state index in [1.807, 2.05) is 6.07 Å². The van der Waals surface area contributed by atoms with Crippen molar-refractivity contribution in [3.05, 3.63) is 64.5 Å². The molecule has 0 fully saturated rings. The zero-order chi connectivity index (χ0) is 14.7. The van der Waals surface area contributed by atoms with E-state index in [9.17, 15) is 13.2 Å². The maximum atomic E-state index is 13.6. The Labute approximate surface area is 114 Å². The number of halogens is 3. The minimum absolute atomic E-state index is 0.195. The van der Waals surface area contributed by atoms with Gasteiger partial charge in [0.25, 0.3) is 0 Å². The highest BCUT2D eigenvalue weighted by atomic mass is 19.2. The molecule has 0 spiro atoms. The molecular formula is C15H11F3N2. The highest BCUT2D eigenvalue weighted by Crippen LogP contribution is 2.21. The molecule has 0 heterocycles. The Bertz CT molecular complexity index is 690. The molecule has 2 aromatic carbocycles. The molecule has 102 valence electrons. The zero-order valence-corrected chi connectivity index (χ0v) is 10.7. The first-order chi connectivity index (χ1) is 9.51. The van der Waals surface area contributed by atoms with Crippen LogP contribution >= 0.6 is 0 Å². The molecule has 0 unspecified atom stereocenters. The second kappa shape index (κ2) is 5.66. The van der Waals surface area contributed by atoms with Crippen LogP contribution in [0.4, 0.5) is 18.9 Å². The van der Waals surface area contributed by atoms with Gasteiger partial charge in [-0.15, -0.1) is 0 Å². The quantitative estimate of drug-likeness (QED) is 0.923. The Kier molecular flexibility index (Phi) is 3.94. The van der Waals surface area contributed by atoms with Crippen LogP contribution in [0.5, 0.6) is 0 Å². The third-order valence-electron chi connectivity index (χ3n) is 2.94. The fraction of sp³-hybridized carbons (Fsp3) is 0.133. The standard InChI is InChI=1S/C15H11F3N2/c1-9-13(17)5-11(7-19)6-15(9)20-8-10-2-3-12(16)14(18)4-10/h2-6,20H,8H2,1H3. The van der Waals surface area contributed by atoms with Gasteiger partial charge in [0.15, 0.2) is 11.6 Å². The van der Waals surface area contributed by atoms with Gasteiger partial charge < -0.3 is 5.32 Å². The predicted octanol–water partition coefficient (Wildman–Crippen LogP) is 3.90. The fourth-order valence-electron chi connectivity index (χ4n) is 1.77. The maximum absolute atomic E-state index is 13.6. The lowest BCUT2D eigenvalue weighted by atomic mass is 10.1. The summed E-state index contributed by atoms with van der Waals surface area (Å²) in [6, 6.07) is 8.06. The van der Waals surface area contributed by atoms with Crippen molar-refractivity contribution in [2.45, 2.75) is 13.5 Å². The van der Waals surface area contributed by atoms with Crippen LogP contribution in [-0.2, 0) is 6.54 Å². The van der Waals surface area contributed by atoms with E-state index >= 15 is 0 Å². The Hall–Kier alpha value is -2.48. The van der Waals surface area contributed by atoms with Gasteiger partial charge in [0.2, 0.25) is 0 Å². The molecule has 0 atom stereocenters. The monoisotopic (exact) mass is 276 g/mol. The molecule has 0 amide bonds. The number of hydrogen-bond donors (Lipinski definition) is 1. The summed E-state index contributed by atoms with van der Waals surface area (Å²) >= 11 is 0. The van der Waals surface area contributed by atoms with E-state index in [1.54, 1.807) is 6.92 Å². The molecule has 2 aromatic rings. The molecule has 0 bridgehead atoms. The Morgan fingerprint density at radius 2 is 1.80 bits per heavy atom. The first-order valence-corrected chi connectivity index (χ1v) is 5.89. The van der Waals surface area contributed by atoms with E-state index in [0.717, 1.165) is 18.2 Å². The molecule has 2 rings (SSSR count). The normalized spacial score (nSPS) is 10.2. The minimum atomic E-state index is -0.932. The van der Waals surface area contributed by atoms with Crippen LogP contribution in [0.1, 0.15) is 16.7 Å². The Balaban J connectivity index is 2.20. The van der Waals surface area contributed by atoms with Gasteiger partial charge >= 0.3 is 0 Å². The van der Waals surface area contributed by atoms with Gasteiger partial charge in [0, 0.05) is 17.8 Å². The Morgan fingerprint density at radius 3 is 2.45 bits per heavy atom. The lowest BCUT2D eigenvalue weighted by molar-refractivity contribution is 0.507. The van der Waals surface area contributed by atoms with E-state index < -0.39 is 17.5 Å². The van der Waals surface area contributed by atoms with Crippen molar-refractivity contribution in [1.82, 2.24) is 0 Å². The molecule has 0 saturated carbocycles. The van der Waals surface area contributed by atoms with Crippen LogP contribution in [0.25, 0.3) is 0 Å². The molecule has 0 radical (unpaired) electrons. The molecule has 0 aliphatic rings. The average Bonchev–Trinajstić information content (AvgIpc) is 2.44. The highest BCUT2D eigenvalue weighted by molar-refractivity contribution is 5.56. The summed E-state index contributed by atoms with van der Waals surface area (Å²) in [4.78, 5) is 0. The lowest BCUT2D eigenvalue weighted by Gasteiger charge is -2.11. The van der Waals surface area contributed by atoms with Crippen LogP contribution < -0.4 is 5.32 Å². The van der Waals surface area contributed by atoms with Gasteiger partial charge in [-0.05, 0) is 36.8 Å². The number of nitriles is 1. The number of benzene rings is 2. The fourth-order valence-corrected chi connectivity index (χ4v) is 1.77. The minimum Gasteiger partial charge on any atom is -0.381 e. The van der Waals surface area contributed by atoms with E-state index in [4.69, 9.17) is 5.26 Å². The van der Waals surface area contributed by atoms with Gasteiger partial charge in [-0.25, -0.2) is 13.2 Å². The van der Waals surface area contributed by atoms with Gasteiger partial charge in [-0.1, -0.05) is 6.07 Å². The van der Waals surface area contributed by atoms with Gasteiger partial charge in [-0.3, -0.25) is 0 Å². The smallest absolute Gasteiger partial charge is 0.159 e. The van der Waals surface area contributed by atoms with Crippen molar-refractivity contribution in [1.29, 1.82) is 5.26 Å². The largest absolute Gasteiger partial charge is 0.381 e. The SMILES string of the molecule is Cc1c(F)cc(C#N)cc1NCc1ccc(F)c(F)c1. The lowest BCUT2D eigenvalue weighted by Crippen LogP contribution is -2.03. The summed E-state index contributed by atoms with van der Waals surface area (Å²) in [5.41, 5.74) is 1.53. The van der Waals surface area contributed by atoms with Crippen molar-refractivity contribution in [2.75, 3.05) is 5.32 Å². The van der Waals surface area contributed by atoms with Crippen LogP contribution in [0.2, 0.25) is 0 Å². The second-order valence-electron chi connectivity index (χ2n) is 4.34. The van der Waals surface area contributed by atoms with Crippen molar-refractivity contribution in [3.8, 4) is 6.07 Å². The molecule has 20 heavy (non-hydrogen) atoms. The number of nitrogens with one attached hydrogen (secondary N) is 1. The molecule has 0 saturated heterocycles. The zero-order valence-electron chi connectivity index (χ0n) is 10.7. The van der Waals surface area contributed by atoms with Gasteiger partial charge in [-0.2, -0.15) is 5.26 Å². The van der Waals surface area contributed by atoms with Crippen molar-refractivity contribution in [3.63, 3.8) is 0 Å². The van der Waals surface area contributed by atoms with Crippen molar-refractivity contribution >= 4 is 5.69 Å². The van der Waals surface area contributed by atoms with Gasteiger partial charge in [0.05, 0.1) is 11.6 Å². The first-order valence-electron chi connectivity index (χ1n) is 5.89. The van der Waals surface area contributed by atoms with Crippen molar-refractivity contribution < 1.29 is 13.2 Å². The van der Waals surface area contributed by atoms with Crippen LogP contribution in [0.3, 0.4) is 0 Å². The molecule has 5 heteroatoms. The highest BCUT2D eigenvalue weighted by Gasteiger charge is 2.08. The Morgan fingerprint density at radius 1 is 1.05 bits per heavy atom. The molecule has 0 aliphatic carbocycles. The third-order valence-corrected chi connectivity index (χ3v) is 2.94. The van der Waals surface area contributed by atoms with Gasteiger partial charge in [0.1, 0.15) is 5.82 Å². The van der Waals surface area contributed by atoms with Crippen LogP contribution in [0.15, 0.2) is 30.3 Å². The second-order valence-corrected chi connectivity index (χ2v) is 4.34. The first kappa shape index (κ1) is 13.9. The summed E-state index contributed by atoms with van der Waals surface area (Å²) in [7, 11) is 0. The summed E-state index contributed by atoms with van der Waals surface area (Å²) < 4.78 is 39.4. The number of nitrogens with zero attached hydrogens (tertiary/aromatic N) is 1. The van der Waals surface area contributed by atoms with Crippen LogP contribution in [0, 0.1) is 35.7 Å². The van der Waals surface area contributed by atoms with E-state index in [2.05, 4.69) is 5.32 Å². The maximum Gasteiger partial charge on any atom is 0.159 e. The molecule has 2 nitrogen and oxygen atoms in total. The number of rotatable bonds is 3.